The third kappa shape index (κ3) is 5.57. The standard InChI is InChI=1S/C17H14Cl2N2O6/c1-2-26-15-6-3-10(7-14(15)21(24)25)17(23)27-9-16(22)20-11-4-5-12(18)13(19)8-11/h3-8H,2,9H2,1H3,(H,20,22). The van der Waals surface area contributed by atoms with Crippen LogP contribution in [0.25, 0.3) is 0 Å². The van der Waals surface area contributed by atoms with E-state index in [0.717, 1.165) is 6.07 Å². The number of nitro benzene ring substituents is 1. The molecule has 0 saturated carbocycles. The van der Waals surface area contributed by atoms with Crippen LogP contribution < -0.4 is 10.1 Å². The van der Waals surface area contributed by atoms with Gasteiger partial charge in [0.15, 0.2) is 12.4 Å². The van der Waals surface area contributed by atoms with Crippen LogP contribution in [0.3, 0.4) is 0 Å². The molecule has 1 amide bonds. The Bertz CT molecular complexity index is 888. The van der Waals surface area contributed by atoms with Gasteiger partial charge in [-0.2, -0.15) is 0 Å². The number of amides is 1. The largest absolute Gasteiger partial charge is 0.487 e. The van der Waals surface area contributed by atoms with E-state index in [1.807, 2.05) is 0 Å². The van der Waals surface area contributed by atoms with Crippen LogP contribution in [0.1, 0.15) is 17.3 Å². The summed E-state index contributed by atoms with van der Waals surface area (Å²) in [6, 6.07) is 8.13. The number of nitrogens with one attached hydrogen (secondary N) is 1. The van der Waals surface area contributed by atoms with Crippen molar-refractivity contribution in [3.05, 3.63) is 62.1 Å². The van der Waals surface area contributed by atoms with E-state index in [9.17, 15) is 19.7 Å². The molecule has 27 heavy (non-hydrogen) atoms. The van der Waals surface area contributed by atoms with Crippen molar-refractivity contribution in [3.63, 3.8) is 0 Å². The topological polar surface area (TPSA) is 108 Å². The highest BCUT2D eigenvalue weighted by Crippen LogP contribution is 2.28. The van der Waals surface area contributed by atoms with E-state index < -0.39 is 23.4 Å². The van der Waals surface area contributed by atoms with Crippen molar-refractivity contribution in [3.8, 4) is 5.75 Å². The zero-order valence-electron chi connectivity index (χ0n) is 14.0. The number of carbonyl (C=O) groups is 2. The van der Waals surface area contributed by atoms with Gasteiger partial charge in [-0.25, -0.2) is 4.79 Å². The molecule has 0 aliphatic rings. The first kappa shape index (κ1) is 20.5. The van der Waals surface area contributed by atoms with Crippen molar-refractivity contribution < 1.29 is 24.0 Å². The number of nitrogens with zero attached hydrogens (tertiary/aromatic N) is 1. The van der Waals surface area contributed by atoms with Gasteiger partial charge in [-0.15, -0.1) is 0 Å². The fourth-order valence-electron chi connectivity index (χ4n) is 2.05. The highest BCUT2D eigenvalue weighted by atomic mass is 35.5. The van der Waals surface area contributed by atoms with E-state index in [1.165, 1.54) is 30.3 Å². The molecule has 142 valence electrons. The minimum atomic E-state index is -0.884. The molecule has 10 heteroatoms. The molecule has 0 atom stereocenters. The Balaban J connectivity index is 2.00. The van der Waals surface area contributed by atoms with Gasteiger partial charge in [0.05, 0.1) is 27.1 Å². The number of hydrogen-bond acceptors (Lipinski definition) is 6. The van der Waals surface area contributed by atoms with Gasteiger partial charge in [0.2, 0.25) is 0 Å². The maximum atomic E-state index is 12.0. The fraction of sp³-hybridized carbons (Fsp3) is 0.176. The van der Waals surface area contributed by atoms with Gasteiger partial charge in [-0.05, 0) is 37.3 Å². The lowest BCUT2D eigenvalue weighted by atomic mass is 10.2. The average molecular weight is 413 g/mol. The van der Waals surface area contributed by atoms with Crippen molar-refractivity contribution in [2.45, 2.75) is 6.92 Å². The molecule has 0 aliphatic heterocycles. The molecule has 1 N–H and O–H groups in total. The lowest BCUT2D eigenvalue weighted by Crippen LogP contribution is -2.21. The van der Waals surface area contributed by atoms with Crippen molar-refractivity contribution in [2.24, 2.45) is 0 Å². The Labute approximate surface area is 164 Å². The number of anilines is 1. The zero-order chi connectivity index (χ0) is 20.0. The van der Waals surface area contributed by atoms with E-state index in [2.05, 4.69) is 5.32 Å². The summed E-state index contributed by atoms with van der Waals surface area (Å²) < 4.78 is 10.0. The monoisotopic (exact) mass is 412 g/mol. The van der Waals surface area contributed by atoms with Gasteiger partial charge in [-0.1, -0.05) is 23.2 Å². The Hall–Kier alpha value is -2.84. The molecule has 0 bridgehead atoms. The summed E-state index contributed by atoms with van der Waals surface area (Å²) in [6.45, 7) is 1.33. The SMILES string of the molecule is CCOc1ccc(C(=O)OCC(=O)Nc2ccc(Cl)c(Cl)c2)cc1[N+](=O)[O-]. The van der Waals surface area contributed by atoms with E-state index in [-0.39, 0.29) is 28.6 Å². The number of halogens is 2. The maximum Gasteiger partial charge on any atom is 0.338 e. The maximum absolute atomic E-state index is 12.0. The summed E-state index contributed by atoms with van der Waals surface area (Å²) in [5.74, 6) is -1.45. The van der Waals surface area contributed by atoms with Crippen LogP contribution in [-0.2, 0) is 9.53 Å². The highest BCUT2D eigenvalue weighted by Gasteiger charge is 2.20. The van der Waals surface area contributed by atoms with E-state index in [1.54, 1.807) is 6.92 Å². The van der Waals surface area contributed by atoms with Crippen LogP contribution in [0.2, 0.25) is 10.0 Å². The number of carbonyl (C=O) groups excluding carboxylic acids is 2. The summed E-state index contributed by atoms with van der Waals surface area (Å²) in [6.07, 6.45) is 0. The lowest BCUT2D eigenvalue weighted by molar-refractivity contribution is -0.385. The van der Waals surface area contributed by atoms with Crippen molar-refractivity contribution in [1.82, 2.24) is 0 Å². The summed E-state index contributed by atoms with van der Waals surface area (Å²) >= 11 is 11.6. The van der Waals surface area contributed by atoms with Gasteiger partial charge in [0, 0.05) is 11.8 Å². The predicted octanol–water partition coefficient (Wildman–Crippen LogP) is 4.10. The second-order valence-corrected chi connectivity index (χ2v) is 5.94. The lowest BCUT2D eigenvalue weighted by Gasteiger charge is -2.08. The summed E-state index contributed by atoms with van der Waals surface area (Å²) in [5, 5.41) is 14.2. The Morgan fingerprint density at radius 3 is 2.52 bits per heavy atom. The molecular formula is C17H14Cl2N2O6. The molecule has 2 aromatic carbocycles. The zero-order valence-corrected chi connectivity index (χ0v) is 15.5. The molecule has 0 aliphatic carbocycles. The van der Waals surface area contributed by atoms with Crippen LogP contribution in [0, 0.1) is 10.1 Å². The Morgan fingerprint density at radius 1 is 1.15 bits per heavy atom. The Morgan fingerprint density at radius 2 is 1.89 bits per heavy atom. The van der Waals surface area contributed by atoms with Crippen LogP contribution in [-0.4, -0.2) is 30.0 Å². The first-order valence-electron chi connectivity index (χ1n) is 7.65. The number of ether oxygens (including phenoxy) is 2. The number of hydrogen-bond donors (Lipinski definition) is 1. The molecule has 8 nitrogen and oxygen atoms in total. The van der Waals surface area contributed by atoms with Crippen LogP contribution in [0.4, 0.5) is 11.4 Å². The van der Waals surface area contributed by atoms with Crippen LogP contribution in [0.15, 0.2) is 36.4 Å². The van der Waals surface area contributed by atoms with E-state index >= 15 is 0 Å². The van der Waals surface area contributed by atoms with Gasteiger partial charge in [0.25, 0.3) is 5.91 Å². The molecule has 2 rings (SSSR count). The average Bonchev–Trinajstić information content (AvgIpc) is 2.63. The fourth-order valence-corrected chi connectivity index (χ4v) is 2.35. The summed E-state index contributed by atoms with van der Waals surface area (Å²) in [4.78, 5) is 34.3. The normalized spacial score (nSPS) is 10.2. The molecular weight excluding hydrogens is 399 g/mol. The second-order valence-electron chi connectivity index (χ2n) is 5.13. The minimum absolute atomic E-state index is 0.0383. The van der Waals surface area contributed by atoms with Crippen molar-refractivity contribution in [2.75, 3.05) is 18.5 Å². The molecule has 0 unspecified atom stereocenters. The molecule has 2 aromatic rings. The third-order valence-electron chi connectivity index (χ3n) is 3.23. The highest BCUT2D eigenvalue weighted by molar-refractivity contribution is 6.42. The van der Waals surface area contributed by atoms with Gasteiger partial charge in [-0.3, -0.25) is 14.9 Å². The van der Waals surface area contributed by atoms with Crippen molar-refractivity contribution in [1.29, 1.82) is 0 Å². The number of esters is 1. The van der Waals surface area contributed by atoms with Gasteiger partial charge in [0.1, 0.15) is 0 Å². The quantitative estimate of drug-likeness (QED) is 0.416. The Kier molecular flexibility index (Phi) is 6.98. The van der Waals surface area contributed by atoms with Gasteiger partial charge >= 0.3 is 11.7 Å². The minimum Gasteiger partial charge on any atom is -0.487 e. The van der Waals surface area contributed by atoms with E-state index in [4.69, 9.17) is 32.7 Å². The smallest absolute Gasteiger partial charge is 0.338 e. The summed E-state index contributed by atoms with van der Waals surface area (Å²) in [5.41, 5.74) is -0.0683. The van der Waals surface area contributed by atoms with Crippen LogP contribution in [0.5, 0.6) is 5.75 Å². The molecule has 0 heterocycles. The molecule has 0 fully saturated rings. The molecule has 0 spiro atoms. The predicted molar refractivity (Wildman–Crippen MR) is 99.6 cm³/mol. The van der Waals surface area contributed by atoms with Crippen molar-refractivity contribution >= 4 is 46.5 Å². The molecule has 0 saturated heterocycles. The van der Waals surface area contributed by atoms with E-state index in [0.29, 0.717) is 10.7 Å². The van der Waals surface area contributed by atoms with Gasteiger partial charge < -0.3 is 14.8 Å². The molecule has 0 aromatic heterocycles. The van der Waals surface area contributed by atoms with Crippen LogP contribution >= 0.6 is 23.2 Å². The second kappa shape index (κ2) is 9.20. The first-order chi connectivity index (χ1) is 12.8. The number of benzene rings is 2. The number of nitro groups is 1. The first-order valence-corrected chi connectivity index (χ1v) is 8.40. The molecule has 0 radical (unpaired) electrons. The number of rotatable bonds is 7. The summed E-state index contributed by atoms with van der Waals surface area (Å²) in [7, 11) is 0. The third-order valence-corrected chi connectivity index (χ3v) is 3.97.